The van der Waals surface area contributed by atoms with Crippen LogP contribution in [0.15, 0.2) is 0 Å². The molecule has 0 bridgehead atoms. The minimum Gasteiger partial charge on any atom is -0.303 e. The lowest BCUT2D eigenvalue weighted by Crippen LogP contribution is -2.26. The van der Waals surface area contributed by atoms with Crippen LogP contribution in [0.5, 0.6) is 0 Å². The summed E-state index contributed by atoms with van der Waals surface area (Å²) in [5.74, 6) is 0.313. The Kier molecular flexibility index (Phi) is 8.00. The monoisotopic (exact) mass is 185 g/mol. The Morgan fingerprint density at radius 2 is 1.62 bits per heavy atom. The van der Waals surface area contributed by atoms with Crippen LogP contribution < -0.4 is 0 Å². The van der Waals surface area contributed by atoms with Crippen molar-refractivity contribution >= 4 is 5.78 Å². The summed E-state index contributed by atoms with van der Waals surface area (Å²) in [5.41, 5.74) is 0. The van der Waals surface area contributed by atoms with Crippen LogP contribution in [0.3, 0.4) is 0 Å². The van der Waals surface area contributed by atoms with E-state index in [-0.39, 0.29) is 0 Å². The van der Waals surface area contributed by atoms with Crippen molar-refractivity contribution in [2.24, 2.45) is 0 Å². The van der Waals surface area contributed by atoms with Crippen LogP contribution in [0.1, 0.15) is 46.5 Å². The maximum atomic E-state index is 10.7. The molecule has 2 nitrogen and oxygen atoms in total. The van der Waals surface area contributed by atoms with E-state index in [1.165, 1.54) is 25.9 Å². The van der Waals surface area contributed by atoms with Crippen LogP contribution in [0.4, 0.5) is 0 Å². The molecule has 0 spiro atoms. The second kappa shape index (κ2) is 8.24. The van der Waals surface area contributed by atoms with E-state index in [0.717, 1.165) is 19.4 Å². The second-order valence-corrected chi connectivity index (χ2v) is 3.65. The molecule has 0 aliphatic carbocycles. The predicted octanol–water partition coefficient (Wildman–Crippen LogP) is 2.48. The highest BCUT2D eigenvalue weighted by atomic mass is 16.1. The molecule has 0 saturated carbocycles. The molecule has 0 rings (SSSR count). The Balaban J connectivity index is 3.49. The summed E-state index contributed by atoms with van der Waals surface area (Å²) in [5, 5.41) is 0. The van der Waals surface area contributed by atoms with Crippen LogP contribution in [0, 0.1) is 0 Å². The normalized spacial score (nSPS) is 10.8. The zero-order valence-corrected chi connectivity index (χ0v) is 9.31. The number of hydrogen-bond acceptors (Lipinski definition) is 2. The molecule has 0 atom stereocenters. The summed E-state index contributed by atoms with van der Waals surface area (Å²) >= 11 is 0. The highest BCUT2D eigenvalue weighted by Crippen LogP contribution is 1.99. The molecule has 0 saturated heterocycles. The largest absolute Gasteiger partial charge is 0.303 e. The fourth-order valence-corrected chi connectivity index (χ4v) is 1.52. The minimum absolute atomic E-state index is 0.313. The number of hydrogen-bond donors (Lipinski definition) is 0. The van der Waals surface area contributed by atoms with Crippen LogP contribution in [0.25, 0.3) is 0 Å². The van der Waals surface area contributed by atoms with Gasteiger partial charge in [-0.15, -0.1) is 0 Å². The van der Waals surface area contributed by atoms with E-state index < -0.39 is 0 Å². The van der Waals surface area contributed by atoms with E-state index in [2.05, 4.69) is 18.7 Å². The molecule has 0 aromatic heterocycles. The van der Waals surface area contributed by atoms with Crippen molar-refractivity contribution in [3.63, 3.8) is 0 Å². The van der Waals surface area contributed by atoms with Gasteiger partial charge in [0.2, 0.25) is 0 Å². The van der Waals surface area contributed by atoms with Gasteiger partial charge in [0, 0.05) is 6.42 Å². The van der Waals surface area contributed by atoms with Gasteiger partial charge in [0.1, 0.15) is 5.78 Å². The molecule has 2 heteroatoms. The molecule has 0 aliphatic rings. The molecule has 0 unspecified atom stereocenters. The van der Waals surface area contributed by atoms with E-state index in [4.69, 9.17) is 0 Å². The molecule has 0 radical (unpaired) electrons. The Bertz CT molecular complexity index is 128. The van der Waals surface area contributed by atoms with Crippen molar-refractivity contribution in [2.45, 2.75) is 46.5 Å². The maximum Gasteiger partial charge on any atom is 0.129 e. The Hall–Kier alpha value is -0.370. The molecule has 13 heavy (non-hydrogen) atoms. The van der Waals surface area contributed by atoms with Gasteiger partial charge in [-0.2, -0.15) is 0 Å². The van der Waals surface area contributed by atoms with Gasteiger partial charge in [0.05, 0.1) is 0 Å². The van der Waals surface area contributed by atoms with Gasteiger partial charge in [-0.1, -0.05) is 13.8 Å². The Labute approximate surface area is 82.3 Å². The third-order valence-electron chi connectivity index (χ3n) is 2.08. The summed E-state index contributed by atoms with van der Waals surface area (Å²) in [6.07, 6.45) is 4.18. The first-order chi connectivity index (χ1) is 6.20. The van der Waals surface area contributed by atoms with E-state index in [1.807, 2.05) is 0 Å². The van der Waals surface area contributed by atoms with Crippen molar-refractivity contribution < 1.29 is 4.79 Å². The van der Waals surface area contributed by atoms with Gasteiger partial charge in [-0.05, 0) is 45.8 Å². The van der Waals surface area contributed by atoms with Gasteiger partial charge in [0.25, 0.3) is 0 Å². The number of Topliss-reactive ketones (excluding diaryl/α,β-unsaturated/α-hetero) is 1. The summed E-state index contributed by atoms with van der Waals surface area (Å²) in [6, 6.07) is 0. The van der Waals surface area contributed by atoms with E-state index in [9.17, 15) is 4.79 Å². The average molecular weight is 185 g/mol. The predicted molar refractivity (Wildman–Crippen MR) is 56.9 cm³/mol. The quantitative estimate of drug-likeness (QED) is 0.579. The first kappa shape index (κ1) is 12.6. The smallest absolute Gasteiger partial charge is 0.129 e. The van der Waals surface area contributed by atoms with Gasteiger partial charge in [-0.3, -0.25) is 0 Å². The molecule has 0 fully saturated rings. The lowest BCUT2D eigenvalue weighted by molar-refractivity contribution is -0.117. The molecule has 0 aromatic carbocycles. The number of carbonyl (C=O) groups is 1. The average Bonchev–Trinajstić information content (AvgIpc) is 2.04. The van der Waals surface area contributed by atoms with Gasteiger partial charge < -0.3 is 9.69 Å². The summed E-state index contributed by atoms with van der Waals surface area (Å²) in [4.78, 5) is 13.2. The van der Waals surface area contributed by atoms with Gasteiger partial charge in [-0.25, -0.2) is 0 Å². The van der Waals surface area contributed by atoms with E-state index in [1.54, 1.807) is 6.92 Å². The van der Waals surface area contributed by atoms with Gasteiger partial charge >= 0.3 is 0 Å². The third kappa shape index (κ3) is 7.97. The first-order valence-electron chi connectivity index (χ1n) is 5.42. The Morgan fingerprint density at radius 3 is 2.00 bits per heavy atom. The van der Waals surface area contributed by atoms with E-state index in [0.29, 0.717) is 5.78 Å². The molecule has 0 heterocycles. The molecule has 0 amide bonds. The second-order valence-electron chi connectivity index (χ2n) is 3.65. The molecule has 0 N–H and O–H groups in total. The molecular weight excluding hydrogens is 162 g/mol. The lowest BCUT2D eigenvalue weighted by atomic mass is 10.2. The summed E-state index contributed by atoms with van der Waals surface area (Å²) < 4.78 is 0. The highest BCUT2D eigenvalue weighted by molar-refractivity contribution is 5.75. The molecule has 78 valence electrons. The first-order valence-corrected chi connectivity index (χ1v) is 5.42. The van der Waals surface area contributed by atoms with Crippen molar-refractivity contribution in [3.05, 3.63) is 0 Å². The van der Waals surface area contributed by atoms with E-state index >= 15 is 0 Å². The maximum absolute atomic E-state index is 10.7. The topological polar surface area (TPSA) is 20.3 Å². The SMILES string of the molecule is CCCN(CCC)CCCC(C)=O. The molecule has 0 aromatic rings. The van der Waals surface area contributed by atoms with Crippen LogP contribution in [-0.2, 0) is 4.79 Å². The lowest BCUT2D eigenvalue weighted by Gasteiger charge is -2.20. The standard InChI is InChI=1S/C11H23NO/c1-4-8-12(9-5-2)10-6-7-11(3)13/h4-10H2,1-3H3. The zero-order valence-electron chi connectivity index (χ0n) is 9.31. The Morgan fingerprint density at radius 1 is 1.08 bits per heavy atom. The van der Waals surface area contributed by atoms with Crippen molar-refractivity contribution in [3.8, 4) is 0 Å². The van der Waals surface area contributed by atoms with Gasteiger partial charge in [0.15, 0.2) is 0 Å². The minimum atomic E-state index is 0.313. The van der Waals surface area contributed by atoms with Crippen molar-refractivity contribution in [2.75, 3.05) is 19.6 Å². The molecule has 0 aliphatic heterocycles. The third-order valence-corrected chi connectivity index (χ3v) is 2.08. The number of nitrogens with zero attached hydrogens (tertiary/aromatic N) is 1. The van der Waals surface area contributed by atoms with Crippen LogP contribution in [-0.4, -0.2) is 30.3 Å². The number of carbonyl (C=O) groups excluding carboxylic acids is 1. The molecular formula is C11H23NO. The van der Waals surface area contributed by atoms with Crippen LogP contribution in [0.2, 0.25) is 0 Å². The fraction of sp³-hybridized carbons (Fsp3) is 0.909. The zero-order chi connectivity index (χ0) is 10.1. The van der Waals surface area contributed by atoms with Crippen molar-refractivity contribution in [1.29, 1.82) is 0 Å². The number of ketones is 1. The summed E-state index contributed by atoms with van der Waals surface area (Å²) in [7, 11) is 0. The summed E-state index contributed by atoms with van der Waals surface area (Å²) in [6.45, 7) is 9.50. The van der Waals surface area contributed by atoms with Crippen LogP contribution >= 0.6 is 0 Å². The van der Waals surface area contributed by atoms with Crippen molar-refractivity contribution in [1.82, 2.24) is 4.90 Å². The fourth-order valence-electron chi connectivity index (χ4n) is 1.52. The number of rotatable bonds is 8. The highest BCUT2D eigenvalue weighted by Gasteiger charge is 2.02.